The standard InChI is InChI=1S/C19H19ClN2O4S/c20-14-7-6-13(11-15(14)21-18(24)16-5-4-10-27-16)19(25)26-12-17(23)22-8-2-1-3-9-22/h4-7,10-11H,1-3,8-9,12H2,(H,21,24). The van der Waals surface area contributed by atoms with Crippen molar-refractivity contribution in [3.8, 4) is 0 Å². The highest BCUT2D eigenvalue weighted by Gasteiger charge is 2.19. The van der Waals surface area contributed by atoms with E-state index in [1.807, 2.05) is 0 Å². The maximum Gasteiger partial charge on any atom is 0.338 e. The number of esters is 1. The van der Waals surface area contributed by atoms with Gasteiger partial charge in [-0.25, -0.2) is 4.79 Å². The van der Waals surface area contributed by atoms with Crippen molar-refractivity contribution in [1.29, 1.82) is 0 Å². The number of hydrogen-bond donors (Lipinski definition) is 1. The van der Waals surface area contributed by atoms with Crippen LogP contribution in [0.2, 0.25) is 5.02 Å². The Balaban J connectivity index is 1.61. The predicted molar refractivity (Wildman–Crippen MR) is 104 cm³/mol. The average molecular weight is 407 g/mol. The molecule has 1 aromatic carbocycles. The Morgan fingerprint density at radius 3 is 2.63 bits per heavy atom. The molecule has 1 aliphatic heterocycles. The number of thiophene rings is 1. The van der Waals surface area contributed by atoms with Crippen molar-refractivity contribution in [2.75, 3.05) is 25.0 Å². The van der Waals surface area contributed by atoms with E-state index in [4.69, 9.17) is 16.3 Å². The summed E-state index contributed by atoms with van der Waals surface area (Å²) in [5.74, 6) is -1.13. The van der Waals surface area contributed by atoms with Gasteiger partial charge in [-0.15, -0.1) is 11.3 Å². The zero-order chi connectivity index (χ0) is 19.2. The van der Waals surface area contributed by atoms with E-state index >= 15 is 0 Å². The van der Waals surface area contributed by atoms with Crippen LogP contribution in [0, 0.1) is 0 Å². The number of halogens is 1. The molecule has 0 unspecified atom stereocenters. The Morgan fingerprint density at radius 2 is 1.93 bits per heavy atom. The number of carbonyl (C=O) groups is 3. The summed E-state index contributed by atoms with van der Waals surface area (Å²) in [6.45, 7) is 1.12. The van der Waals surface area contributed by atoms with Crippen molar-refractivity contribution in [2.24, 2.45) is 0 Å². The Morgan fingerprint density at radius 1 is 1.15 bits per heavy atom. The lowest BCUT2D eigenvalue weighted by Gasteiger charge is -2.26. The minimum atomic E-state index is -0.636. The van der Waals surface area contributed by atoms with E-state index in [0.29, 0.717) is 28.7 Å². The number of nitrogens with zero attached hydrogens (tertiary/aromatic N) is 1. The van der Waals surface area contributed by atoms with Crippen molar-refractivity contribution in [1.82, 2.24) is 4.90 Å². The SMILES string of the molecule is O=C(OCC(=O)N1CCCCC1)c1ccc(Cl)c(NC(=O)c2cccs2)c1. The van der Waals surface area contributed by atoms with Gasteiger partial charge in [-0.1, -0.05) is 17.7 Å². The molecule has 1 aromatic heterocycles. The molecule has 2 aromatic rings. The van der Waals surface area contributed by atoms with Crippen LogP contribution in [0.15, 0.2) is 35.7 Å². The Kier molecular flexibility index (Phi) is 6.47. The van der Waals surface area contributed by atoms with Gasteiger partial charge in [0.1, 0.15) is 0 Å². The molecule has 1 saturated heterocycles. The van der Waals surface area contributed by atoms with Crippen LogP contribution in [0.3, 0.4) is 0 Å². The van der Waals surface area contributed by atoms with Crippen LogP contribution in [0.4, 0.5) is 5.69 Å². The first-order valence-corrected chi connectivity index (χ1v) is 9.89. The molecule has 1 aliphatic rings. The smallest absolute Gasteiger partial charge is 0.338 e. The monoisotopic (exact) mass is 406 g/mol. The molecule has 1 N–H and O–H groups in total. The summed E-state index contributed by atoms with van der Waals surface area (Å²) >= 11 is 7.41. The highest BCUT2D eigenvalue weighted by atomic mass is 35.5. The van der Waals surface area contributed by atoms with E-state index < -0.39 is 5.97 Å². The first kappa shape index (κ1) is 19.4. The van der Waals surface area contributed by atoms with E-state index in [1.165, 1.54) is 29.5 Å². The largest absolute Gasteiger partial charge is 0.452 e. The average Bonchev–Trinajstić information content (AvgIpc) is 3.23. The van der Waals surface area contributed by atoms with Crippen molar-refractivity contribution in [3.63, 3.8) is 0 Å². The third-order valence-electron chi connectivity index (χ3n) is 4.23. The van der Waals surface area contributed by atoms with Crippen LogP contribution in [0.1, 0.15) is 39.3 Å². The number of carbonyl (C=O) groups excluding carboxylic acids is 3. The molecule has 0 spiro atoms. The van der Waals surface area contributed by atoms with E-state index in [-0.39, 0.29) is 24.0 Å². The van der Waals surface area contributed by atoms with Gasteiger partial charge in [0.2, 0.25) is 0 Å². The normalized spacial score (nSPS) is 13.9. The fourth-order valence-corrected chi connectivity index (χ4v) is 3.57. The lowest BCUT2D eigenvalue weighted by molar-refractivity contribution is -0.135. The Bertz CT molecular complexity index is 832. The Labute approximate surface area is 166 Å². The van der Waals surface area contributed by atoms with Gasteiger partial charge in [0.25, 0.3) is 11.8 Å². The highest BCUT2D eigenvalue weighted by molar-refractivity contribution is 7.12. The van der Waals surface area contributed by atoms with E-state index in [9.17, 15) is 14.4 Å². The van der Waals surface area contributed by atoms with Crippen molar-refractivity contribution in [2.45, 2.75) is 19.3 Å². The maximum atomic E-state index is 12.3. The van der Waals surface area contributed by atoms with Crippen molar-refractivity contribution >= 4 is 46.4 Å². The lowest BCUT2D eigenvalue weighted by atomic mass is 10.1. The number of anilines is 1. The Hall–Kier alpha value is -2.38. The van der Waals surface area contributed by atoms with Crippen LogP contribution in [-0.2, 0) is 9.53 Å². The second kappa shape index (κ2) is 9.01. The van der Waals surface area contributed by atoms with Gasteiger partial charge in [0.15, 0.2) is 6.61 Å². The first-order chi connectivity index (χ1) is 13.0. The van der Waals surface area contributed by atoms with Gasteiger partial charge in [-0.05, 0) is 48.9 Å². The fraction of sp³-hybridized carbons (Fsp3) is 0.316. The van der Waals surface area contributed by atoms with Crippen LogP contribution < -0.4 is 5.32 Å². The second-order valence-electron chi connectivity index (χ2n) is 6.14. The maximum absolute atomic E-state index is 12.3. The molecule has 0 bridgehead atoms. The summed E-state index contributed by atoms with van der Waals surface area (Å²) in [4.78, 5) is 38.8. The number of hydrogen-bond acceptors (Lipinski definition) is 5. The zero-order valence-corrected chi connectivity index (χ0v) is 16.1. The molecule has 27 heavy (non-hydrogen) atoms. The van der Waals surface area contributed by atoms with Gasteiger partial charge in [-0.3, -0.25) is 9.59 Å². The summed E-state index contributed by atoms with van der Waals surface area (Å²) in [5, 5.41) is 4.78. The van der Waals surface area contributed by atoms with Gasteiger partial charge >= 0.3 is 5.97 Å². The molecular weight excluding hydrogens is 388 g/mol. The third kappa shape index (κ3) is 5.08. The number of piperidine rings is 1. The summed E-state index contributed by atoms with van der Waals surface area (Å²) in [6.07, 6.45) is 3.07. The van der Waals surface area contributed by atoms with Crippen LogP contribution in [-0.4, -0.2) is 42.4 Å². The van der Waals surface area contributed by atoms with E-state index in [1.54, 1.807) is 22.4 Å². The first-order valence-electron chi connectivity index (χ1n) is 8.64. The fourth-order valence-electron chi connectivity index (χ4n) is 2.78. The molecule has 0 saturated carbocycles. The summed E-state index contributed by atoms with van der Waals surface area (Å²) in [6, 6.07) is 7.92. The molecule has 0 radical (unpaired) electrons. The summed E-state index contributed by atoms with van der Waals surface area (Å²) in [7, 11) is 0. The molecule has 2 heterocycles. The molecule has 1 fully saturated rings. The number of nitrogens with one attached hydrogen (secondary N) is 1. The molecule has 2 amide bonds. The summed E-state index contributed by atoms with van der Waals surface area (Å²) < 4.78 is 5.13. The highest BCUT2D eigenvalue weighted by Crippen LogP contribution is 2.25. The van der Waals surface area contributed by atoms with Crippen molar-refractivity contribution in [3.05, 3.63) is 51.2 Å². The zero-order valence-electron chi connectivity index (χ0n) is 14.6. The van der Waals surface area contributed by atoms with Gasteiger partial charge in [0, 0.05) is 13.1 Å². The molecular formula is C19H19ClN2O4S. The van der Waals surface area contributed by atoms with Crippen molar-refractivity contribution < 1.29 is 19.1 Å². The minimum absolute atomic E-state index is 0.191. The molecule has 0 aliphatic carbocycles. The van der Waals surface area contributed by atoms with Crippen LogP contribution >= 0.6 is 22.9 Å². The molecule has 142 valence electrons. The quantitative estimate of drug-likeness (QED) is 0.766. The van der Waals surface area contributed by atoms with E-state index in [2.05, 4.69) is 5.32 Å². The third-order valence-corrected chi connectivity index (χ3v) is 5.43. The van der Waals surface area contributed by atoms with Gasteiger partial charge in [0.05, 0.1) is 21.2 Å². The molecule has 3 rings (SSSR count). The number of likely N-dealkylation sites (tertiary alicyclic amines) is 1. The second-order valence-corrected chi connectivity index (χ2v) is 7.50. The topological polar surface area (TPSA) is 75.7 Å². The van der Waals surface area contributed by atoms with Crippen LogP contribution in [0.5, 0.6) is 0 Å². The van der Waals surface area contributed by atoms with Crippen LogP contribution in [0.25, 0.3) is 0 Å². The number of amides is 2. The van der Waals surface area contributed by atoms with E-state index in [0.717, 1.165) is 19.3 Å². The summed E-state index contributed by atoms with van der Waals surface area (Å²) in [5.41, 5.74) is 0.527. The van der Waals surface area contributed by atoms with Gasteiger partial charge < -0.3 is 15.0 Å². The number of ether oxygens (including phenoxy) is 1. The lowest BCUT2D eigenvalue weighted by Crippen LogP contribution is -2.38. The molecule has 0 atom stereocenters. The molecule has 8 heteroatoms. The molecule has 6 nitrogen and oxygen atoms in total. The predicted octanol–water partition coefficient (Wildman–Crippen LogP) is 3.82. The number of rotatable bonds is 5. The van der Waals surface area contributed by atoms with Gasteiger partial charge in [-0.2, -0.15) is 0 Å². The number of benzene rings is 1. The minimum Gasteiger partial charge on any atom is -0.452 e.